The van der Waals surface area contributed by atoms with Crippen LogP contribution in [0.2, 0.25) is 0 Å². The van der Waals surface area contributed by atoms with E-state index in [4.69, 9.17) is 0 Å². The number of benzene rings is 3. The lowest BCUT2D eigenvalue weighted by atomic mass is 9.89. The summed E-state index contributed by atoms with van der Waals surface area (Å²) in [5.41, 5.74) is 3.56. The molecule has 0 radical (unpaired) electrons. The van der Waals surface area contributed by atoms with Crippen LogP contribution in [0.5, 0.6) is 5.75 Å². The molecular weight excluding hydrogens is 542 g/mol. The van der Waals surface area contributed by atoms with Crippen molar-refractivity contribution in [2.75, 3.05) is 20.1 Å². The molecule has 1 aliphatic rings. The number of aryl methyl sites for hydroxylation is 1. The lowest BCUT2D eigenvalue weighted by Crippen LogP contribution is -2.29. The average Bonchev–Trinajstić information content (AvgIpc) is 3.57. The number of thiazole rings is 1. The molecule has 41 heavy (non-hydrogen) atoms. The summed E-state index contributed by atoms with van der Waals surface area (Å²) in [4.78, 5) is 24.1. The number of carbonyl (C=O) groups is 1. The van der Waals surface area contributed by atoms with E-state index >= 15 is 4.39 Å². The molecule has 210 valence electrons. The summed E-state index contributed by atoms with van der Waals surface area (Å²) in [5, 5.41) is 14.6. The fourth-order valence-electron chi connectivity index (χ4n) is 5.58. The van der Waals surface area contributed by atoms with Gasteiger partial charge in [-0.1, -0.05) is 30.3 Å². The number of hydrogen-bond donors (Lipinski definition) is 3. The molecule has 5 aromatic rings. The quantitative estimate of drug-likeness (QED) is 0.207. The van der Waals surface area contributed by atoms with E-state index in [2.05, 4.69) is 27.2 Å². The van der Waals surface area contributed by atoms with Gasteiger partial charge in [0.05, 0.1) is 16.6 Å². The van der Waals surface area contributed by atoms with Gasteiger partial charge >= 0.3 is 0 Å². The van der Waals surface area contributed by atoms with Crippen LogP contribution in [0.4, 0.5) is 8.78 Å². The number of aromatic nitrogens is 2. The van der Waals surface area contributed by atoms with Gasteiger partial charge in [0.15, 0.2) is 5.01 Å². The minimum atomic E-state index is -0.885. The largest absolute Gasteiger partial charge is 0.508 e. The molecule has 9 heteroatoms. The SMILES string of the molecule is Cc1nc(C(=O)N[C@@H](c2cc3ccccc3[nH]2)c2cc(F)ccc2O)sc1-c1ccc(C2CCN(C)CC2)cc1F. The second kappa shape index (κ2) is 11.1. The van der Waals surface area contributed by atoms with Crippen LogP contribution in [0.15, 0.2) is 66.7 Å². The van der Waals surface area contributed by atoms with Crippen molar-refractivity contribution in [2.24, 2.45) is 0 Å². The number of rotatable bonds is 6. The maximum Gasteiger partial charge on any atom is 0.281 e. The van der Waals surface area contributed by atoms with Crippen molar-refractivity contribution in [3.63, 3.8) is 0 Å². The number of aromatic hydroxyl groups is 1. The molecule has 6 rings (SSSR count). The average molecular weight is 573 g/mol. The fraction of sp³-hybridized carbons (Fsp3) is 0.250. The topological polar surface area (TPSA) is 81.2 Å². The number of carbonyl (C=O) groups excluding carboxylic acids is 1. The van der Waals surface area contributed by atoms with Gasteiger partial charge < -0.3 is 20.3 Å². The van der Waals surface area contributed by atoms with Crippen molar-refractivity contribution < 1.29 is 18.7 Å². The van der Waals surface area contributed by atoms with Crippen LogP contribution in [-0.4, -0.2) is 46.0 Å². The number of phenols is 1. The van der Waals surface area contributed by atoms with Crippen LogP contribution in [0.3, 0.4) is 0 Å². The first-order valence-electron chi connectivity index (χ1n) is 13.6. The maximum atomic E-state index is 15.4. The molecule has 0 aliphatic carbocycles. The Balaban J connectivity index is 1.30. The number of amides is 1. The highest BCUT2D eigenvalue weighted by Gasteiger charge is 2.26. The molecule has 1 aliphatic heterocycles. The summed E-state index contributed by atoms with van der Waals surface area (Å²) in [7, 11) is 2.10. The molecule has 1 atom stereocenters. The second-order valence-corrected chi connectivity index (χ2v) is 11.7. The Labute approximate surface area is 240 Å². The van der Waals surface area contributed by atoms with E-state index < -0.39 is 17.8 Å². The third kappa shape index (κ3) is 5.47. The predicted molar refractivity (Wildman–Crippen MR) is 157 cm³/mol. The number of fused-ring (bicyclic) bond motifs is 1. The number of para-hydroxylation sites is 1. The van der Waals surface area contributed by atoms with Crippen LogP contribution >= 0.6 is 11.3 Å². The van der Waals surface area contributed by atoms with Gasteiger partial charge in [-0.3, -0.25) is 4.79 Å². The number of nitrogens with one attached hydrogen (secondary N) is 2. The molecule has 2 aromatic heterocycles. The van der Waals surface area contributed by atoms with Gasteiger partial charge in [0, 0.05) is 22.3 Å². The molecule has 0 saturated carbocycles. The zero-order valence-corrected chi connectivity index (χ0v) is 23.6. The number of hydrogen-bond acceptors (Lipinski definition) is 5. The van der Waals surface area contributed by atoms with Crippen molar-refractivity contribution in [1.29, 1.82) is 0 Å². The molecule has 3 aromatic carbocycles. The third-order valence-electron chi connectivity index (χ3n) is 7.86. The zero-order chi connectivity index (χ0) is 28.7. The van der Waals surface area contributed by atoms with Gasteiger partial charge in [0.2, 0.25) is 0 Å². The maximum absolute atomic E-state index is 15.4. The molecule has 3 heterocycles. The monoisotopic (exact) mass is 572 g/mol. The van der Waals surface area contributed by atoms with E-state index in [-0.39, 0.29) is 22.1 Å². The molecule has 0 bridgehead atoms. The van der Waals surface area contributed by atoms with Crippen molar-refractivity contribution in [1.82, 2.24) is 20.2 Å². The van der Waals surface area contributed by atoms with E-state index in [1.807, 2.05) is 36.4 Å². The van der Waals surface area contributed by atoms with E-state index in [1.54, 1.807) is 19.1 Å². The minimum Gasteiger partial charge on any atom is -0.508 e. The molecule has 1 amide bonds. The van der Waals surface area contributed by atoms with E-state index in [0.717, 1.165) is 59.8 Å². The Hall–Kier alpha value is -4.08. The Morgan fingerprint density at radius 3 is 2.63 bits per heavy atom. The summed E-state index contributed by atoms with van der Waals surface area (Å²) in [6.07, 6.45) is 2.00. The lowest BCUT2D eigenvalue weighted by molar-refractivity contribution is 0.0941. The molecule has 0 unspecified atom stereocenters. The van der Waals surface area contributed by atoms with Gasteiger partial charge in [0.25, 0.3) is 5.91 Å². The van der Waals surface area contributed by atoms with Crippen molar-refractivity contribution in [2.45, 2.75) is 31.7 Å². The van der Waals surface area contributed by atoms with Crippen LogP contribution in [-0.2, 0) is 0 Å². The summed E-state index contributed by atoms with van der Waals surface area (Å²) in [5.74, 6) is -1.21. The van der Waals surface area contributed by atoms with Crippen molar-refractivity contribution in [3.05, 3.63) is 106 Å². The van der Waals surface area contributed by atoms with Gasteiger partial charge in [-0.2, -0.15) is 0 Å². The molecule has 0 spiro atoms. The summed E-state index contributed by atoms with van der Waals surface area (Å²) < 4.78 is 29.6. The predicted octanol–water partition coefficient (Wildman–Crippen LogP) is 6.91. The number of H-pyrrole nitrogens is 1. The Kier molecular flexibility index (Phi) is 7.32. The summed E-state index contributed by atoms with van der Waals surface area (Å²) in [6.45, 7) is 3.74. The highest BCUT2D eigenvalue weighted by Crippen LogP contribution is 2.36. The molecule has 1 saturated heterocycles. The number of likely N-dealkylation sites (tertiary alicyclic amines) is 1. The van der Waals surface area contributed by atoms with Crippen LogP contribution in [0, 0.1) is 18.6 Å². The Morgan fingerprint density at radius 2 is 1.88 bits per heavy atom. The number of aromatic amines is 1. The van der Waals surface area contributed by atoms with Gasteiger partial charge in [-0.25, -0.2) is 13.8 Å². The van der Waals surface area contributed by atoms with Crippen molar-refractivity contribution in [3.8, 4) is 16.2 Å². The standard InChI is InChI=1S/C32H30F2N4O2S/c1-18-30(23-9-7-20(15-25(23)34)19-11-13-38(2)14-12-19)41-32(35-18)31(40)37-29(24-17-22(33)8-10-28(24)39)27-16-21-5-3-4-6-26(21)36-27/h3-10,15-17,19,29,36,39H,11-14H2,1-2H3,(H,37,40)/t29-/m1/s1. The Bertz CT molecular complexity index is 1710. The second-order valence-electron chi connectivity index (χ2n) is 10.7. The molecule has 6 nitrogen and oxygen atoms in total. The first kappa shape index (κ1) is 27.1. The first-order chi connectivity index (χ1) is 19.8. The van der Waals surface area contributed by atoms with Gasteiger partial charge in [-0.05, 0) is 93.2 Å². The van der Waals surface area contributed by atoms with Crippen LogP contribution < -0.4 is 5.32 Å². The third-order valence-corrected chi connectivity index (χ3v) is 9.05. The normalized spacial score (nSPS) is 15.3. The zero-order valence-electron chi connectivity index (χ0n) is 22.7. The highest BCUT2D eigenvalue weighted by molar-refractivity contribution is 7.17. The van der Waals surface area contributed by atoms with E-state index in [1.165, 1.54) is 12.1 Å². The Morgan fingerprint density at radius 1 is 1.10 bits per heavy atom. The highest BCUT2D eigenvalue weighted by atomic mass is 32.1. The lowest BCUT2D eigenvalue weighted by Gasteiger charge is -2.29. The minimum absolute atomic E-state index is 0.147. The van der Waals surface area contributed by atoms with Gasteiger partial charge in [-0.15, -0.1) is 11.3 Å². The van der Waals surface area contributed by atoms with Crippen LogP contribution in [0.25, 0.3) is 21.3 Å². The fourth-order valence-corrected chi connectivity index (χ4v) is 6.57. The number of halogens is 2. The summed E-state index contributed by atoms with van der Waals surface area (Å²) >= 11 is 1.10. The van der Waals surface area contributed by atoms with E-state index in [9.17, 15) is 14.3 Å². The van der Waals surface area contributed by atoms with Crippen molar-refractivity contribution >= 4 is 28.1 Å². The molecular formula is C32H30F2N4O2S. The van der Waals surface area contributed by atoms with E-state index in [0.29, 0.717) is 27.7 Å². The first-order valence-corrected chi connectivity index (χ1v) is 14.4. The number of phenolic OH excluding ortho intramolecular Hbond substituents is 1. The van der Waals surface area contributed by atoms with Gasteiger partial charge in [0.1, 0.15) is 17.4 Å². The number of piperidine rings is 1. The smallest absolute Gasteiger partial charge is 0.281 e. The number of nitrogens with zero attached hydrogens (tertiary/aromatic N) is 2. The molecule has 3 N–H and O–H groups in total. The summed E-state index contributed by atoms with van der Waals surface area (Å²) in [6, 6.07) is 17.6. The molecule has 1 fully saturated rings. The van der Waals surface area contributed by atoms with Crippen LogP contribution in [0.1, 0.15) is 57.1 Å².